The lowest BCUT2D eigenvalue weighted by Gasteiger charge is -2.35. The number of nitrogens with one attached hydrogen (secondary N) is 1. The minimum absolute atomic E-state index is 0.115. The summed E-state index contributed by atoms with van der Waals surface area (Å²) in [4.78, 5) is 17.7. The first-order valence-electron chi connectivity index (χ1n) is 9.65. The number of thiophene rings is 1. The molecule has 29 heavy (non-hydrogen) atoms. The molecule has 0 radical (unpaired) electrons. The zero-order chi connectivity index (χ0) is 20.1. The predicted octanol–water partition coefficient (Wildman–Crippen LogP) is 3.96. The summed E-state index contributed by atoms with van der Waals surface area (Å²) >= 11 is 1.65. The fraction of sp³-hybridized carbons (Fsp3) is 0.286. The van der Waals surface area contributed by atoms with Crippen molar-refractivity contribution in [3.8, 4) is 16.3 Å². The fourth-order valence-corrected chi connectivity index (χ4v) is 3.92. The zero-order valence-corrected chi connectivity index (χ0v) is 17.1. The van der Waals surface area contributed by atoms with Gasteiger partial charge in [-0.15, -0.1) is 21.5 Å². The lowest BCUT2D eigenvalue weighted by molar-refractivity contribution is 0.208. The first-order valence-corrected chi connectivity index (χ1v) is 10.5. The van der Waals surface area contributed by atoms with Crippen molar-refractivity contribution >= 4 is 28.9 Å². The summed E-state index contributed by atoms with van der Waals surface area (Å²) in [6, 6.07) is 15.4. The van der Waals surface area contributed by atoms with Crippen LogP contribution in [0.3, 0.4) is 0 Å². The maximum atomic E-state index is 12.7. The van der Waals surface area contributed by atoms with Crippen LogP contribution in [0.25, 0.3) is 10.6 Å². The first kappa shape index (κ1) is 19.2. The van der Waals surface area contributed by atoms with Gasteiger partial charge in [-0.05, 0) is 42.6 Å². The van der Waals surface area contributed by atoms with Crippen LogP contribution < -0.4 is 15.0 Å². The summed E-state index contributed by atoms with van der Waals surface area (Å²) in [5, 5.41) is 13.7. The molecule has 1 aliphatic rings. The molecule has 2 aromatic heterocycles. The number of rotatable bonds is 5. The van der Waals surface area contributed by atoms with Crippen molar-refractivity contribution in [1.29, 1.82) is 0 Å². The number of hydrogen-bond acceptors (Lipinski definition) is 6. The molecular weight excluding hydrogens is 386 g/mol. The van der Waals surface area contributed by atoms with Crippen LogP contribution in [0.1, 0.15) is 6.92 Å². The monoisotopic (exact) mass is 409 g/mol. The van der Waals surface area contributed by atoms with E-state index in [1.54, 1.807) is 11.3 Å². The van der Waals surface area contributed by atoms with Gasteiger partial charge in [-0.3, -0.25) is 0 Å². The van der Waals surface area contributed by atoms with E-state index in [9.17, 15) is 4.79 Å². The second-order valence-electron chi connectivity index (χ2n) is 6.59. The Morgan fingerprint density at radius 1 is 1.07 bits per heavy atom. The van der Waals surface area contributed by atoms with Crippen LogP contribution in [0.2, 0.25) is 0 Å². The molecule has 1 aromatic carbocycles. The summed E-state index contributed by atoms with van der Waals surface area (Å²) in [7, 11) is 0. The molecule has 1 N–H and O–H groups in total. The van der Waals surface area contributed by atoms with Gasteiger partial charge in [0, 0.05) is 26.2 Å². The quantitative estimate of drug-likeness (QED) is 0.691. The van der Waals surface area contributed by atoms with Gasteiger partial charge in [-0.2, -0.15) is 0 Å². The number of para-hydroxylation sites is 2. The van der Waals surface area contributed by atoms with Crippen LogP contribution in [0.4, 0.5) is 16.3 Å². The van der Waals surface area contributed by atoms with Crippen LogP contribution in [-0.2, 0) is 0 Å². The molecule has 3 aromatic rings. The largest absolute Gasteiger partial charge is 0.492 e. The highest BCUT2D eigenvalue weighted by Gasteiger charge is 2.23. The van der Waals surface area contributed by atoms with Crippen molar-refractivity contribution < 1.29 is 9.53 Å². The van der Waals surface area contributed by atoms with E-state index < -0.39 is 0 Å². The van der Waals surface area contributed by atoms with Crippen molar-refractivity contribution in [2.24, 2.45) is 0 Å². The van der Waals surface area contributed by atoms with E-state index in [0.717, 1.165) is 16.4 Å². The van der Waals surface area contributed by atoms with Gasteiger partial charge in [-0.1, -0.05) is 18.2 Å². The third kappa shape index (κ3) is 4.48. The number of nitrogens with zero attached hydrogens (tertiary/aromatic N) is 4. The van der Waals surface area contributed by atoms with Crippen LogP contribution in [0.15, 0.2) is 53.9 Å². The molecule has 8 heteroatoms. The molecule has 1 saturated heterocycles. The van der Waals surface area contributed by atoms with Gasteiger partial charge in [-0.25, -0.2) is 4.79 Å². The zero-order valence-electron chi connectivity index (χ0n) is 16.2. The number of benzene rings is 1. The lowest BCUT2D eigenvalue weighted by Crippen LogP contribution is -2.50. The van der Waals surface area contributed by atoms with Gasteiger partial charge in [0.05, 0.1) is 17.2 Å². The molecule has 1 aliphatic heterocycles. The molecule has 0 saturated carbocycles. The predicted molar refractivity (Wildman–Crippen MR) is 116 cm³/mol. The molecule has 0 aliphatic carbocycles. The molecule has 0 unspecified atom stereocenters. The van der Waals surface area contributed by atoms with Crippen molar-refractivity contribution in [2.75, 3.05) is 43.0 Å². The van der Waals surface area contributed by atoms with Crippen LogP contribution in [-0.4, -0.2) is 53.9 Å². The Hall–Kier alpha value is -3.13. The van der Waals surface area contributed by atoms with E-state index in [2.05, 4.69) is 20.4 Å². The van der Waals surface area contributed by atoms with Crippen molar-refractivity contribution in [2.45, 2.75) is 6.92 Å². The highest BCUT2D eigenvalue weighted by molar-refractivity contribution is 7.13. The van der Waals surface area contributed by atoms with Gasteiger partial charge < -0.3 is 19.9 Å². The van der Waals surface area contributed by atoms with Gasteiger partial charge in [0.1, 0.15) is 11.4 Å². The fourth-order valence-electron chi connectivity index (χ4n) is 3.23. The first-order chi connectivity index (χ1) is 14.2. The van der Waals surface area contributed by atoms with E-state index in [4.69, 9.17) is 4.74 Å². The summed E-state index contributed by atoms with van der Waals surface area (Å²) in [5.41, 5.74) is 1.58. The number of anilines is 2. The standard InChI is InChI=1S/C21H23N5O2S/c1-2-28-18-7-4-3-6-16(18)22-21(27)26-13-11-25(12-14-26)20-10-9-17(23-24-20)19-8-5-15-29-19/h3-10,15H,2,11-14H2,1H3,(H,22,27). The minimum atomic E-state index is -0.115. The smallest absolute Gasteiger partial charge is 0.322 e. The number of urea groups is 1. The van der Waals surface area contributed by atoms with E-state index in [1.807, 2.05) is 65.7 Å². The number of aromatic nitrogens is 2. The van der Waals surface area contributed by atoms with E-state index in [1.165, 1.54) is 0 Å². The van der Waals surface area contributed by atoms with Crippen LogP contribution >= 0.6 is 11.3 Å². The Kier molecular flexibility index (Phi) is 5.90. The van der Waals surface area contributed by atoms with Gasteiger partial charge in [0.15, 0.2) is 5.82 Å². The molecule has 1 fully saturated rings. The molecular formula is C21H23N5O2S. The summed E-state index contributed by atoms with van der Waals surface area (Å²) in [5.74, 6) is 1.52. The summed E-state index contributed by atoms with van der Waals surface area (Å²) in [6.45, 7) is 5.15. The van der Waals surface area contributed by atoms with Crippen molar-refractivity contribution in [1.82, 2.24) is 15.1 Å². The summed E-state index contributed by atoms with van der Waals surface area (Å²) in [6.07, 6.45) is 0. The SMILES string of the molecule is CCOc1ccccc1NC(=O)N1CCN(c2ccc(-c3cccs3)nn2)CC1. The maximum Gasteiger partial charge on any atom is 0.322 e. The molecule has 3 heterocycles. The van der Waals surface area contributed by atoms with Crippen molar-refractivity contribution in [3.05, 3.63) is 53.9 Å². The molecule has 2 amide bonds. The van der Waals surface area contributed by atoms with Gasteiger partial charge >= 0.3 is 6.03 Å². The Morgan fingerprint density at radius 2 is 1.90 bits per heavy atom. The molecule has 0 spiro atoms. The second kappa shape index (κ2) is 8.91. The molecule has 0 bridgehead atoms. The molecule has 150 valence electrons. The minimum Gasteiger partial charge on any atom is -0.492 e. The highest BCUT2D eigenvalue weighted by Crippen LogP contribution is 2.25. The van der Waals surface area contributed by atoms with Crippen LogP contribution in [0, 0.1) is 0 Å². The third-order valence-electron chi connectivity index (χ3n) is 4.74. The van der Waals surface area contributed by atoms with E-state index >= 15 is 0 Å². The summed E-state index contributed by atoms with van der Waals surface area (Å²) < 4.78 is 5.58. The average molecular weight is 410 g/mol. The number of hydrogen-bond donors (Lipinski definition) is 1. The van der Waals surface area contributed by atoms with Gasteiger partial charge in [0.25, 0.3) is 0 Å². The van der Waals surface area contributed by atoms with E-state index in [0.29, 0.717) is 44.2 Å². The Morgan fingerprint density at radius 3 is 2.59 bits per heavy atom. The highest BCUT2D eigenvalue weighted by atomic mass is 32.1. The number of carbonyl (C=O) groups is 1. The molecule has 4 rings (SSSR count). The lowest BCUT2D eigenvalue weighted by atomic mass is 10.3. The normalized spacial score (nSPS) is 14.0. The molecule has 0 atom stereocenters. The second-order valence-corrected chi connectivity index (χ2v) is 7.54. The molecule has 7 nitrogen and oxygen atoms in total. The Bertz CT molecular complexity index is 938. The number of amides is 2. The Balaban J connectivity index is 1.34. The maximum absolute atomic E-state index is 12.7. The number of piperazine rings is 1. The number of carbonyl (C=O) groups excluding carboxylic acids is 1. The van der Waals surface area contributed by atoms with Crippen molar-refractivity contribution in [3.63, 3.8) is 0 Å². The van der Waals surface area contributed by atoms with Crippen LogP contribution in [0.5, 0.6) is 5.75 Å². The topological polar surface area (TPSA) is 70.6 Å². The third-order valence-corrected chi connectivity index (χ3v) is 5.64. The van der Waals surface area contributed by atoms with E-state index in [-0.39, 0.29) is 6.03 Å². The van der Waals surface area contributed by atoms with Gasteiger partial charge in [0.2, 0.25) is 0 Å². The average Bonchev–Trinajstić information content (AvgIpc) is 3.30. The Labute approximate surface area is 173 Å². The number of ether oxygens (including phenoxy) is 1.